The van der Waals surface area contributed by atoms with E-state index in [9.17, 15) is 9.90 Å². The predicted molar refractivity (Wildman–Crippen MR) is 88.7 cm³/mol. The Balaban J connectivity index is 1.56. The maximum absolute atomic E-state index is 11.9. The molecule has 0 bridgehead atoms. The first-order valence-corrected chi connectivity index (χ1v) is 7.70. The van der Waals surface area contributed by atoms with Crippen LogP contribution in [-0.2, 0) is 6.42 Å². The van der Waals surface area contributed by atoms with Crippen molar-refractivity contribution in [1.29, 1.82) is 0 Å². The van der Waals surface area contributed by atoms with E-state index < -0.39 is 11.9 Å². The molecule has 2 heterocycles. The van der Waals surface area contributed by atoms with Crippen LogP contribution < -0.4 is 11.1 Å². The average Bonchev–Trinajstić information content (AvgIpc) is 3.11. The number of pyridine rings is 1. The van der Waals surface area contributed by atoms with Crippen LogP contribution in [-0.4, -0.2) is 32.7 Å². The predicted octanol–water partition coefficient (Wildman–Crippen LogP) is 1.19. The Labute approximate surface area is 143 Å². The minimum absolute atomic E-state index is 0.0279. The van der Waals surface area contributed by atoms with E-state index in [1.54, 1.807) is 6.07 Å². The third kappa shape index (κ3) is 3.99. The van der Waals surface area contributed by atoms with Gasteiger partial charge in [0.2, 0.25) is 5.89 Å². The summed E-state index contributed by atoms with van der Waals surface area (Å²) in [5.41, 5.74) is 6.96. The van der Waals surface area contributed by atoms with Gasteiger partial charge in [-0.05, 0) is 17.7 Å². The summed E-state index contributed by atoms with van der Waals surface area (Å²) in [4.78, 5) is 20.0. The zero-order chi connectivity index (χ0) is 17.6. The molecule has 0 fully saturated rings. The number of carbonyl (C=O) groups is 1. The first kappa shape index (κ1) is 16.6. The molecule has 0 saturated heterocycles. The molecule has 2 aromatic heterocycles. The molecule has 1 unspecified atom stereocenters. The summed E-state index contributed by atoms with van der Waals surface area (Å²) in [5.74, 6) is 0.106. The highest BCUT2D eigenvalue weighted by Crippen LogP contribution is 2.16. The van der Waals surface area contributed by atoms with E-state index in [-0.39, 0.29) is 18.0 Å². The van der Waals surface area contributed by atoms with Crippen molar-refractivity contribution in [2.24, 2.45) is 5.73 Å². The van der Waals surface area contributed by atoms with Crippen molar-refractivity contribution >= 4 is 5.91 Å². The number of hydrogen-bond acceptors (Lipinski definition) is 7. The highest BCUT2D eigenvalue weighted by molar-refractivity contribution is 5.94. The van der Waals surface area contributed by atoms with Gasteiger partial charge >= 0.3 is 0 Å². The number of hydrogen-bond donors (Lipinski definition) is 3. The van der Waals surface area contributed by atoms with Crippen LogP contribution in [0.2, 0.25) is 0 Å². The van der Waals surface area contributed by atoms with E-state index in [1.807, 2.05) is 30.3 Å². The quantitative estimate of drug-likeness (QED) is 0.615. The minimum Gasteiger partial charge on any atom is -0.505 e. The highest BCUT2D eigenvalue weighted by Gasteiger charge is 2.16. The zero-order valence-electron chi connectivity index (χ0n) is 13.3. The van der Waals surface area contributed by atoms with Crippen molar-refractivity contribution in [3.05, 3.63) is 71.6 Å². The molecule has 0 saturated carbocycles. The summed E-state index contributed by atoms with van der Waals surface area (Å²) in [5, 5.41) is 16.1. The largest absolute Gasteiger partial charge is 0.505 e. The van der Waals surface area contributed by atoms with E-state index in [0.29, 0.717) is 18.1 Å². The Morgan fingerprint density at radius 3 is 2.80 bits per heavy atom. The third-order valence-corrected chi connectivity index (χ3v) is 3.55. The van der Waals surface area contributed by atoms with Gasteiger partial charge in [0.25, 0.3) is 5.91 Å². The molecule has 1 aromatic carbocycles. The second kappa shape index (κ2) is 7.54. The fourth-order valence-corrected chi connectivity index (χ4v) is 2.24. The molecule has 25 heavy (non-hydrogen) atoms. The first-order chi connectivity index (χ1) is 12.1. The Bertz CT molecular complexity index is 850. The molecule has 0 aliphatic carbocycles. The number of nitrogens with one attached hydrogen (secondary N) is 1. The summed E-state index contributed by atoms with van der Waals surface area (Å²) >= 11 is 0. The molecule has 3 aromatic rings. The molecular weight excluding hydrogens is 322 g/mol. The molecule has 0 radical (unpaired) electrons. The number of amides is 1. The average molecular weight is 339 g/mol. The summed E-state index contributed by atoms with van der Waals surface area (Å²) in [6.45, 7) is 0.261. The van der Waals surface area contributed by atoms with Crippen LogP contribution >= 0.6 is 0 Å². The van der Waals surface area contributed by atoms with Gasteiger partial charge in [0, 0.05) is 19.2 Å². The Kier molecular flexibility index (Phi) is 5.00. The molecule has 4 N–H and O–H groups in total. The van der Waals surface area contributed by atoms with Crippen LogP contribution in [0.1, 0.15) is 33.8 Å². The van der Waals surface area contributed by atoms with E-state index in [0.717, 1.165) is 5.56 Å². The molecule has 0 aliphatic rings. The van der Waals surface area contributed by atoms with Crippen molar-refractivity contribution in [3.63, 3.8) is 0 Å². The van der Waals surface area contributed by atoms with Crippen LogP contribution in [0.4, 0.5) is 0 Å². The summed E-state index contributed by atoms with van der Waals surface area (Å²) in [6, 6.07) is 11.9. The number of carbonyl (C=O) groups excluding carboxylic acids is 1. The van der Waals surface area contributed by atoms with Gasteiger partial charge in [-0.3, -0.25) is 4.79 Å². The lowest BCUT2D eigenvalue weighted by molar-refractivity contribution is 0.0945. The molecule has 0 spiro atoms. The topological polar surface area (TPSA) is 127 Å². The highest BCUT2D eigenvalue weighted by atomic mass is 16.5. The summed E-state index contributed by atoms with van der Waals surface area (Å²) < 4.78 is 5.16. The number of aromatic nitrogens is 3. The van der Waals surface area contributed by atoms with Crippen molar-refractivity contribution in [2.45, 2.75) is 12.5 Å². The second-order valence-corrected chi connectivity index (χ2v) is 5.31. The SMILES string of the molecule is NC(c1ccccc1)c1noc(CCNC(=O)c2ncccc2O)n1. The van der Waals surface area contributed by atoms with Crippen molar-refractivity contribution < 1.29 is 14.4 Å². The van der Waals surface area contributed by atoms with Crippen LogP contribution in [0.25, 0.3) is 0 Å². The lowest BCUT2D eigenvalue weighted by Crippen LogP contribution is -2.26. The number of nitrogens with two attached hydrogens (primary N) is 1. The van der Waals surface area contributed by atoms with Crippen LogP contribution in [0.3, 0.4) is 0 Å². The number of aromatic hydroxyl groups is 1. The van der Waals surface area contributed by atoms with Gasteiger partial charge in [-0.2, -0.15) is 4.98 Å². The van der Waals surface area contributed by atoms with Gasteiger partial charge in [-0.25, -0.2) is 4.98 Å². The monoisotopic (exact) mass is 339 g/mol. The smallest absolute Gasteiger partial charge is 0.273 e. The maximum atomic E-state index is 11.9. The van der Waals surface area contributed by atoms with E-state index >= 15 is 0 Å². The summed E-state index contributed by atoms with van der Waals surface area (Å²) in [7, 11) is 0. The van der Waals surface area contributed by atoms with Gasteiger partial charge in [0.1, 0.15) is 5.75 Å². The molecule has 0 aliphatic heterocycles. The van der Waals surface area contributed by atoms with Crippen LogP contribution in [0.5, 0.6) is 5.75 Å². The van der Waals surface area contributed by atoms with Gasteiger partial charge in [-0.1, -0.05) is 35.5 Å². The summed E-state index contributed by atoms with van der Waals surface area (Å²) in [6.07, 6.45) is 1.78. The molecule has 8 heteroatoms. The maximum Gasteiger partial charge on any atom is 0.273 e. The van der Waals surface area contributed by atoms with E-state index in [4.69, 9.17) is 10.3 Å². The Morgan fingerprint density at radius 1 is 1.24 bits per heavy atom. The van der Waals surface area contributed by atoms with Crippen LogP contribution in [0, 0.1) is 0 Å². The Hall–Kier alpha value is -3.26. The van der Waals surface area contributed by atoms with E-state index in [2.05, 4.69) is 20.4 Å². The Morgan fingerprint density at radius 2 is 2.04 bits per heavy atom. The lowest BCUT2D eigenvalue weighted by atomic mass is 10.1. The third-order valence-electron chi connectivity index (χ3n) is 3.55. The normalized spacial score (nSPS) is 11.9. The fourth-order valence-electron chi connectivity index (χ4n) is 2.24. The van der Waals surface area contributed by atoms with Crippen molar-refractivity contribution in [3.8, 4) is 5.75 Å². The number of benzene rings is 1. The van der Waals surface area contributed by atoms with Crippen LogP contribution in [0.15, 0.2) is 53.2 Å². The zero-order valence-corrected chi connectivity index (χ0v) is 13.3. The number of rotatable bonds is 6. The van der Waals surface area contributed by atoms with E-state index in [1.165, 1.54) is 12.3 Å². The molecule has 8 nitrogen and oxygen atoms in total. The molecule has 1 atom stereocenters. The molecule has 3 rings (SSSR count). The first-order valence-electron chi connectivity index (χ1n) is 7.70. The van der Waals surface area contributed by atoms with Crippen molar-refractivity contribution in [1.82, 2.24) is 20.4 Å². The van der Waals surface area contributed by atoms with Gasteiger partial charge in [0.15, 0.2) is 11.5 Å². The molecule has 1 amide bonds. The minimum atomic E-state index is -0.473. The lowest BCUT2D eigenvalue weighted by Gasteiger charge is -2.06. The van der Waals surface area contributed by atoms with Crippen molar-refractivity contribution in [2.75, 3.05) is 6.54 Å². The fraction of sp³-hybridized carbons (Fsp3) is 0.176. The molecular formula is C17H17N5O3. The number of nitrogens with zero attached hydrogens (tertiary/aromatic N) is 3. The standard InChI is InChI=1S/C17H17N5O3/c18-14(11-5-2-1-3-6-11)16-21-13(25-22-16)8-10-20-17(24)15-12(23)7-4-9-19-15/h1-7,9,14,23H,8,10,18H2,(H,20,24). The van der Waals surface area contributed by atoms with Gasteiger partial charge < -0.3 is 20.7 Å². The second-order valence-electron chi connectivity index (χ2n) is 5.31. The van der Waals surface area contributed by atoms with Gasteiger partial charge in [-0.15, -0.1) is 0 Å². The molecule has 128 valence electrons. The van der Waals surface area contributed by atoms with Gasteiger partial charge in [0.05, 0.1) is 6.04 Å².